The minimum Gasteiger partial charge on any atom is -0.326 e. The van der Waals surface area contributed by atoms with Crippen LogP contribution in [0.15, 0.2) is 24.3 Å². The van der Waals surface area contributed by atoms with Crippen LogP contribution in [-0.2, 0) is 11.2 Å². The number of nitrogens with zero attached hydrogens (tertiary/aromatic N) is 1. The zero-order valence-electron chi connectivity index (χ0n) is 14.5. The second-order valence-electron chi connectivity index (χ2n) is 6.43. The van der Waals surface area contributed by atoms with E-state index in [9.17, 15) is 4.79 Å². The molecule has 2 aliphatic rings. The largest absolute Gasteiger partial charge is 0.326 e. The summed E-state index contributed by atoms with van der Waals surface area (Å²) in [6, 6.07) is 8.37. The van der Waals surface area contributed by atoms with Gasteiger partial charge in [0.1, 0.15) is 0 Å². The number of carbonyl (C=O) groups is 1. The van der Waals surface area contributed by atoms with Gasteiger partial charge >= 0.3 is 0 Å². The van der Waals surface area contributed by atoms with E-state index < -0.39 is 0 Å². The van der Waals surface area contributed by atoms with Gasteiger partial charge in [-0.05, 0) is 43.5 Å². The number of piperidine rings is 1. The Balaban J connectivity index is 0.00000156. The van der Waals surface area contributed by atoms with Crippen LogP contribution in [0.3, 0.4) is 0 Å². The third kappa shape index (κ3) is 7.35. The molecule has 1 unspecified atom stereocenters. The second kappa shape index (κ2) is 12.0. The first-order valence-corrected chi connectivity index (χ1v) is 9.87. The van der Waals surface area contributed by atoms with E-state index in [0.29, 0.717) is 0 Å². The maximum absolute atomic E-state index is 12.2. The molecule has 1 atom stereocenters. The van der Waals surface area contributed by atoms with Crippen molar-refractivity contribution in [3.8, 4) is 0 Å². The van der Waals surface area contributed by atoms with E-state index >= 15 is 0 Å². The van der Waals surface area contributed by atoms with Crippen molar-refractivity contribution >= 4 is 48.2 Å². The van der Waals surface area contributed by atoms with Gasteiger partial charge in [-0.3, -0.25) is 4.79 Å². The van der Waals surface area contributed by atoms with Gasteiger partial charge in [0, 0.05) is 43.4 Å². The first-order chi connectivity index (χ1) is 11.3. The summed E-state index contributed by atoms with van der Waals surface area (Å²) in [7, 11) is 0. The van der Waals surface area contributed by atoms with E-state index in [1.54, 1.807) is 0 Å². The maximum atomic E-state index is 12.2. The predicted octanol–water partition coefficient (Wildman–Crippen LogP) is 3.06. The van der Waals surface area contributed by atoms with Crippen LogP contribution in [0.5, 0.6) is 0 Å². The van der Waals surface area contributed by atoms with E-state index in [4.69, 9.17) is 0 Å². The summed E-state index contributed by atoms with van der Waals surface area (Å²) in [4.78, 5) is 14.8. The maximum Gasteiger partial charge on any atom is 0.228 e. The molecule has 2 saturated heterocycles. The Labute approximate surface area is 167 Å². The summed E-state index contributed by atoms with van der Waals surface area (Å²) < 4.78 is 0. The van der Waals surface area contributed by atoms with Crippen LogP contribution in [0.4, 0.5) is 5.69 Å². The van der Waals surface area contributed by atoms with Crippen molar-refractivity contribution in [2.75, 3.05) is 49.5 Å². The molecule has 1 amide bonds. The zero-order valence-corrected chi connectivity index (χ0v) is 17.0. The molecular weight excluding hydrogens is 377 g/mol. The molecular formula is C18H29Cl2N3OS. The fraction of sp³-hybridized carbons (Fsp3) is 0.611. The van der Waals surface area contributed by atoms with Crippen LogP contribution < -0.4 is 10.6 Å². The Bertz CT molecular complexity index is 504. The first kappa shape index (κ1) is 22.6. The molecule has 2 N–H and O–H groups in total. The summed E-state index contributed by atoms with van der Waals surface area (Å²) in [6.07, 6.45) is 3.17. The highest BCUT2D eigenvalue weighted by Gasteiger charge is 2.20. The van der Waals surface area contributed by atoms with Crippen LogP contribution in [0.2, 0.25) is 0 Å². The lowest BCUT2D eigenvalue weighted by Gasteiger charge is -2.26. The Morgan fingerprint density at radius 1 is 1.20 bits per heavy atom. The molecule has 25 heavy (non-hydrogen) atoms. The van der Waals surface area contributed by atoms with Gasteiger partial charge in [0.15, 0.2) is 0 Å². The van der Waals surface area contributed by atoms with E-state index in [1.807, 2.05) is 12.1 Å². The van der Waals surface area contributed by atoms with Crippen molar-refractivity contribution in [2.24, 2.45) is 5.92 Å². The Morgan fingerprint density at radius 3 is 2.56 bits per heavy atom. The standard InChI is InChI=1S/C18H27N3OS.2ClH/c22-18(16-2-1-8-19-14-16)20-17-5-3-15(4-6-17)7-9-21-10-12-23-13-11-21;;/h3-6,16,19H,1-2,7-14H2,(H,20,22);2*1H. The fourth-order valence-electron chi connectivity index (χ4n) is 3.19. The Kier molecular flexibility index (Phi) is 10.9. The van der Waals surface area contributed by atoms with Gasteiger partial charge in [-0.1, -0.05) is 12.1 Å². The van der Waals surface area contributed by atoms with Crippen molar-refractivity contribution in [3.05, 3.63) is 29.8 Å². The van der Waals surface area contributed by atoms with Crippen molar-refractivity contribution in [3.63, 3.8) is 0 Å². The SMILES string of the molecule is Cl.Cl.O=C(Nc1ccc(CCN2CCSCC2)cc1)C1CCCNC1. The number of thioether (sulfide) groups is 1. The number of amides is 1. The van der Waals surface area contributed by atoms with E-state index in [2.05, 4.69) is 39.4 Å². The number of benzene rings is 1. The number of hydrogen-bond acceptors (Lipinski definition) is 4. The molecule has 2 fully saturated rings. The lowest BCUT2D eigenvalue weighted by Crippen LogP contribution is -2.37. The van der Waals surface area contributed by atoms with Gasteiger partial charge in [-0.15, -0.1) is 24.8 Å². The molecule has 4 nitrogen and oxygen atoms in total. The van der Waals surface area contributed by atoms with Crippen LogP contribution in [-0.4, -0.2) is 55.0 Å². The normalized spacial score (nSPS) is 20.9. The molecule has 142 valence electrons. The van der Waals surface area contributed by atoms with Gasteiger partial charge < -0.3 is 15.5 Å². The van der Waals surface area contributed by atoms with Crippen LogP contribution in [0.1, 0.15) is 18.4 Å². The molecule has 7 heteroatoms. The average molecular weight is 406 g/mol. The third-order valence-electron chi connectivity index (χ3n) is 4.71. The van der Waals surface area contributed by atoms with Crippen LogP contribution >= 0.6 is 36.6 Å². The molecule has 0 aliphatic carbocycles. The van der Waals surface area contributed by atoms with E-state index in [0.717, 1.165) is 44.6 Å². The molecule has 0 bridgehead atoms. The Morgan fingerprint density at radius 2 is 1.92 bits per heavy atom. The number of anilines is 1. The fourth-order valence-corrected chi connectivity index (χ4v) is 4.17. The molecule has 2 aliphatic heterocycles. The minimum atomic E-state index is 0. The minimum absolute atomic E-state index is 0. The summed E-state index contributed by atoms with van der Waals surface area (Å²) in [5, 5.41) is 6.34. The summed E-state index contributed by atoms with van der Waals surface area (Å²) >= 11 is 2.05. The highest BCUT2D eigenvalue weighted by Crippen LogP contribution is 2.16. The topological polar surface area (TPSA) is 44.4 Å². The molecule has 2 heterocycles. The number of halogens is 2. The van der Waals surface area contributed by atoms with Crippen LogP contribution in [0.25, 0.3) is 0 Å². The van der Waals surface area contributed by atoms with Gasteiger partial charge in [-0.25, -0.2) is 0 Å². The molecule has 1 aromatic carbocycles. The molecule has 0 saturated carbocycles. The Hall–Kier alpha value is -0.460. The molecule has 0 radical (unpaired) electrons. The quantitative estimate of drug-likeness (QED) is 0.789. The second-order valence-corrected chi connectivity index (χ2v) is 7.66. The van der Waals surface area contributed by atoms with Crippen molar-refractivity contribution < 1.29 is 4.79 Å². The highest BCUT2D eigenvalue weighted by atomic mass is 35.5. The van der Waals surface area contributed by atoms with Crippen molar-refractivity contribution in [1.29, 1.82) is 0 Å². The molecule has 1 aromatic rings. The summed E-state index contributed by atoms with van der Waals surface area (Å²) in [6.45, 7) is 5.41. The highest BCUT2D eigenvalue weighted by molar-refractivity contribution is 7.99. The monoisotopic (exact) mass is 405 g/mol. The zero-order chi connectivity index (χ0) is 15.9. The average Bonchev–Trinajstić information content (AvgIpc) is 2.63. The number of nitrogens with one attached hydrogen (secondary N) is 2. The third-order valence-corrected chi connectivity index (χ3v) is 5.65. The van der Waals surface area contributed by atoms with Gasteiger partial charge in [0.2, 0.25) is 5.91 Å². The molecule has 0 aromatic heterocycles. The van der Waals surface area contributed by atoms with Gasteiger partial charge in [0.05, 0.1) is 5.92 Å². The van der Waals surface area contributed by atoms with Gasteiger partial charge in [-0.2, -0.15) is 11.8 Å². The lowest BCUT2D eigenvalue weighted by atomic mass is 9.99. The number of rotatable bonds is 5. The number of hydrogen-bond donors (Lipinski definition) is 2. The summed E-state index contributed by atoms with van der Waals surface area (Å²) in [5.74, 6) is 2.79. The van der Waals surface area contributed by atoms with Gasteiger partial charge in [0.25, 0.3) is 0 Å². The van der Waals surface area contributed by atoms with Crippen LogP contribution in [0, 0.1) is 5.92 Å². The summed E-state index contributed by atoms with van der Waals surface area (Å²) in [5.41, 5.74) is 2.26. The van der Waals surface area contributed by atoms with Crippen molar-refractivity contribution in [1.82, 2.24) is 10.2 Å². The van der Waals surface area contributed by atoms with Crippen molar-refractivity contribution in [2.45, 2.75) is 19.3 Å². The smallest absolute Gasteiger partial charge is 0.228 e. The van der Waals surface area contributed by atoms with E-state index in [1.165, 1.54) is 30.2 Å². The molecule has 3 rings (SSSR count). The molecule has 0 spiro atoms. The first-order valence-electron chi connectivity index (χ1n) is 8.72. The predicted molar refractivity (Wildman–Crippen MR) is 113 cm³/mol. The number of carbonyl (C=O) groups excluding carboxylic acids is 1. The lowest BCUT2D eigenvalue weighted by molar-refractivity contribution is -0.120. The van der Waals surface area contributed by atoms with E-state index in [-0.39, 0.29) is 36.6 Å².